The number of halogens is 1. The third-order valence-electron chi connectivity index (χ3n) is 3.10. The highest BCUT2D eigenvalue weighted by Crippen LogP contribution is 2.24. The third kappa shape index (κ3) is 3.11. The number of methoxy groups -OCH3 is 1. The van der Waals surface area contributed by atoms with Crippen LogP contribution in [0.1, 0.15) is 21.5 Å². The molecule has 2 aromatic rings. The summed E-state index contributed by atoms with van der Waals surface area (Å²) in [6.07, 6.45) is 0.270. The minimum atomic E-state index is -0.0164. The van der Waals surface area contributed by atoms with Gasteiger partial charge in [0.2, 0.25) is 0 Å². The van der Waals surface area contributed by atoms with Gasteiger partial charge in [-0.05, 0) is 31.2 Å². The van der Waals surface area contributed by atoms with Crippen molar-refractivity contribution in [2.75, 3.05) is 12.8 Å². The van der Waals surface area contributed by atoms with Crippen molar-refractivity contribution in [2.45, 2.75) is 13.3 Å². The van der Waals surface area contributed by atoms with Crippen LogP contribution in [0.4, 0.5) is 5.69 Å². The molecule has 0 atom stereocenters. The zero-order valence-electron chi connectivity index (χ0n) is 11.4. The van der Waals surface area contributed by atoms with Gasteiger partial charge in [0.05, 0.1) is 17.8 Å². The summed E-state index contributed by atoms with van der Waals surface area (Å²) in [6.45, 7) is 1.98. The second-order valence-electron chi connectivity index (χ2n) is 4.65. The molecule has 3 nitrogen and oxygen atoms in total. The summed E-state index contributed by atoms with van der Waals surface area (Å²) in [5.74, 6) is 0.697. The van der Waals surface area contributed by atoms with Crippen LogP contribution in [-0.4, -0.2) is 12.9 Å². The van der Waals surface area contributed by atoms with E-state index >= 15 is 0 Å². The van der Waals surface area contributed by atoms with Crippen LogP contribution >= 0.6 is 11.6 Å². The summed E-state index contributed by atoms with van der Waals surface area (Å²) in [5.41, 5.74) is 8.64. The summed E-state index contributed by atoms with van der Waals surface area (Å²) in [6, 6.07) is 10.7. The van der Waals surface area contributed by atoms with Crippen LogP contribution in [-0.2, 0) is 6.42 Å². The van der Waals surface area contributed by atoms with E-state index in [1.807, 2.05) is 25.1 Å². The number of ether oxygens (including phenoxy) is 1. The Morgan fingerprint density at radius 1 is 1.25 bits per heavy atom. The lowest BCUT2D eigenvalue weighted by Gasteiger charge is -2.09. The zero-order chi connectivity index (χ0) is 14.7. The lowest BCUT2D eigenvalue weighted by atomic mass is 10.0. The molecule has 2 rings (SSSR count). The molecule has 0 aromatic heterocycles. The molecular formula is C16H16ClNO2. The number of anilines is 1. The first-order chi connectivity index (χ1) is 9.51. The van der Waals surface area contributed by atoms with Crippen LogP contribution in [0.5, 0.6) is 5.75 Å². The molecule has 0 saturated heterocycles. The highest BCUT2D eigenvalue weighted by atomic mass is 35.5. The number of ketones is 1. The minimum Gasteiger partial charge on any atom is -0.496 e. The van der Waals surface area contributed by atoms with Crippen molar-refractivity contribution < 1.29 is 9.53 Å². The first kappa shape index (κ1) is 14.4. The molecule has 0 bridgehead atoms. The van der Waals surface area contributed by atoms with Crippen LogP contribution in [0.3, 0.4) is 0 Å². The average molecular weight is 290 g/mol. The highest BCUT2D eigenvalue weighted by Gasteiger charge is 2.12. The molecule has 0 aliphatic heterocycles. The molecule has 2 aromatic carbocycles. The van der Waals surface area contributed by atoms with E-state index in [0.29, 0.717) is 22.0 Å². The Hall–Kier alpha value is -2.00. The monoisotopic (exact) mass is 289 g/mol. The van der Waals surface area contributed by atoms with E-state index in [-0.39, 0.29) is 12.2 Å². The quantitative estimate of drug-likeness (QED) is 0.690. The molecule has 0 saturated carbocycles. The molecule has 0 aliphatic rings. The minimum absolute atomic E-state index is 0.0164. The van der Waals surface area contributed by atoms with E-state index in [9.17, 15) is 4.79 Å². The maximum Gasteiger partial charge on any atom is 0.167 e. The van der Waals surface area contributed by atoms with Crippen molar-refractivity contribution in [3.05, 3.63) is 58.1 Å². The van der Waals surface area contributed by atoms with Gasteiger partial charge in [0, 0.05) is 17.5 Å². The number of carbonyl (C=O) groups excluding carboxylic acids is 1. The molecule has 2 N–H and O–H groups in total. The number of aryl methyl sites for hydroxylation is 1. The SMILES string of the molecule is COc1ccc(C)cc1CC(=O)c1ccc(Cl)c(N)c1. The van der Waals surface area contributed by atoms with E-state index in [1.165, 1.54) is 0 Å². The van der Waals surface area contributed by atoms with Gasteiger partial charge in [-0.3, -0.25) is 4.79 Å². The van der Waals surface area contributed by atoms with Gasteiger partial charge in [-0.25, -0.2) is 0 Å². The van der Waals surface area contributed by atoms with E-state index in [4.69, 9.17) is 22.1 Å². The van der Waals surface area contributed by atoms with Crippen LogP contribution in [0.25, 0.3) is 0 Å². The second-order valence-corrected chi connectivity index (χ2v) is 5.06. The molecule has 104 valence electrons. The van der Waals surface area contributed by atoms with Crippen molar-refractivity contribution in [1.82, 2.24) is 0 Å². The van der Waals surface area contributed by atoms with E-state index < -0.39 is 0 Å². The molecule has 20 heavy (non-hydrogen) atoms. The fourth-order valence-electron chi connectivity index (χ4n) is 2.04. The van der Waals surface area contributed by atoms with Crippen LogP contribution in [0.15, 0.2) is 36.4 Å². The van der Waals surface area contributed by atoms with Gasteiger partial charge >= 0.3 is 0 Å². The largest absolute Gasteiger partial charge is 0.496 e. The third-order valence-corrected chi connectivity index (χ3v) is 3.45. The summed E-state index contributed by atoms with van der Waals surface area (Å²) in [7, 11) is 1.60. The lowest BCUT2D eigenvalue weighted by Crippen LogP contribution is -2.06. The van der Waals surface area contributed by atoms with Gasteiger partial charge < -0.3 is 10.5 Å². The number of Topliss-reactive ketones (excluding diaryl/α,β-unsaturated/α-hetero) is 1. The predicted molar refractivity (Wildman–Crippen MR) is 81.6 cm³/mol. The first-order valence-corrected chi connectivity index (χ1v) is 6.61. The van der Waals surface area contributed by atoms with E-state index in [2.05, 4.69) is 0 Å². The molecule has 0 spiro atoms. The van der Waals surface area contributed by atoms with Crippen molar-refractivity contribution in [3.8, 4) is 5.75 Å². The van der Waals surface area contributed by atoms with Gasteiger partial charge in [-0.2, -0.15) is 0 Å². The number of nitrogens with two attached hydrogens (primary N) is 1. The Kier molecular flexibility index (Phi) is 4.30. The number of hydrogen-bond donors (Lipinski definition) is 1. The van der Waals surface area contributed by atoms with Crippen molar-refractivity contribution in [1.29, 1.82) is 0 Å². The Morgan fingerprint density at radius 3 is 2.65 bits per heavy atom. The number of nitrogen functional groups attached to an aromatic ring is 1. The molecule has 0 heterocycles. The van der Waals surface area contributed by atoms with Gasteiger partial charge in [-0.1, -0.05) is 29.3 Å². The smallest absolute Gasteiger partial charge is 0.167 e. The second kappa shape index (κ2) is 5.97. The molecule has 0 aliphatic carbocycles. The van der Waals surface area contributed by atoms with Crippen molar-refractivity contribution >= 4 is 23.1 Å². The summed E-state index contributed by atoms with van der Waals surface area (Å²) in [4.78, 5) is 12.3. The van der Waals surface area contributed by atoms with Crippen LogP contribution in [0.2, 0.25) is 5.02 Å². The molecular weight excluding hydrogens is 274 g/mol. The van der Waals surface area contributed by atoms with E-state index in [0.717, 1.165) is 11.1 Å². The number of hydrogen-bond acceptors (Lipinski definition) is 3. The van der Waals surface area contributed by atoms with Gasteiger partial charge in [0.1, 0.15) is 5.75 Å². The Labute approximate surface area is 123 Å². The molecule has 0 amide bonds. The number of rotatable bonds is 4. The normalized spacial score (nSPS) is 10.3. The maximum absolute atomic E-state index is 12.3. The van der Waals surface area contributed by atoms with Crippen LogP contribution in [0, 0.1) is 6.92 Å². The Morgan fingerprint density at radius 2 is 2.00 bits per heavy atom. The van der Waals surface area contributed by atoms with Crippen molar-refractivity contribution in [3.63, 3.8) is 0 Å². The standard InChI is InChI=1S/C16H16ClNO2/c1-10-3-6-16(20-2)12(7-10)9-15(19)11-4-5-13(17)14(18)8-11/h3-8H,9,18H2,1-2H3. The fraction of sp³-hybridized carbons (Fsp3) is 0.188. The van der Waals surface area contributed by atoms with Gasteiger partial charge in [0.15, 0.2) is 5.78 Å². The molecule has 4 heteroatoms. The van der Waals surface area contributed by atoms with E-state index in [1.54, 1.807) is 25.3 Å². The molecule has 0 radical (unpaired) electrons. The van der Waals surface area contributed by atoms with Gasteiger partial charge in [-0.15, -0.1) is 0 Å². The van der Waals surface area contributed by atoms with Crippen LogP contribution < -0.4 is 10.5 Å². The number of carbonyl (C=O) groups is 1. The average Bonchev–Trinajstić information content (AvgIpc) is 2.42. The molecule has 0 unspecified atom stereocenters. The Balaban J connectivity index is 2.27. The van der Waals surface area contributed by atoms with Gasteiger partial charge in [0.25, 0.3) is 0 Å². The lowest BCUT2D eigenvalue weighted by molar-refractivity contribution is 0.0992. The zero-order valence-corrected chi connectivity index (χ0v) is 12.2. The summed E-state index contributed by atoms with van der Waals surface area (Å²) in [5, 5.41) is 0.453. The Bertz CT molecular complexity index is 653. The molecule has 0 fully saturated rings. The summed E-state index contributed by atoms with van der Waals surface area (Å²) >= 11 is 5.86. The number of benzene rings is 2. The topological polar surface area (TPSA) is 52.3 Å². The predicted octanol–water partition coefficient (Wildman–Crippen LogP) is 3.66. The first-order valence-electron chi connectivity index (χ1n) is 6.23. The highest BCUT2D eigenvalue weighted by molar-refractivity contribution is 6.33. The van der Waals surface area contributed by atoms with Crippen molar-refractivity contribution in [2.24, 2.45) is 0 Å². The fourth-order valence-corrected chi connectivity index (χ4v) is 2.16. The summed E-state index contributed by atoms with van der Waals surface area (Å²) < 4.78 is 5.28. The maximum atomic E-state index is 12.3.